The molecule has 0 fully saturated rings. The summed E-state index contributed by atoms with van der Waals surface area (Å²) in [5, 5.41) is 2.29. The largest absolute Gasteiger partial charge is 0.338 e. The fourth-order valence-electron chi connectivity index (χ4n) is 2.50. The van der Waals surface area contributed by atoms with Crippen molar-refractivity contribution in [1.29, 1.82) is 0 Å². The zero-order valence-corrected chi connectivity index (χ0v) is 13.5. The number of aromatic nitrogens is 1. The van der Waals surface area contributed by atoms with Gasteiger partial charge in [-0.1, -0.05) is 31.9 Å². The minimum atomic E-state index is -0.869. The molecule has 1 unspecified atom stereocenters. The van der Waals surface area contributed by atoms with Crippen molar-refractivity contribution in [3.8, 4) is 0 Å². The first-order valence-electron chi connectivity index (χ1n) is 6.07. The molecule has 0 spiro atoms. The molecule has 0 aliphatic carbocycles. The van der Waals surface area contributed by atoms with Crippen LogP contribution >= 0.6 is 31.9 Å². The number of hydrogen-bond donors (Lipinski definition) is 0. The summed E-state index contributed by atoms with van der Waals surface area (Å²) < 4.78 is 17.6. The Balaban J connectivity index is 2.43. The summed E-state index contributed by atoms with van der Waals surface area (Å²) >= 11 is 7.00. The lowest BCUT2D eigenvalue weighted by molar-refractivity contribution is 0.327. The molecule has 2 aromatic carbocycles. The molecule has 3 aromatic rings. The summed E-state index contributed by atoms with van der Waals surface area (Å²) in [5.74, 6) is 0. The summed E-state index contributed by atoms with van der Waals surface area (Å²) in [4.78, 5) is 0. The molecule has 0 radical (unpaired) electrons. The Labute approximate surface area is 127 Å². The van der Waals surface area contributed by atoms with E-state index >= 15 is 0 Å². The summed E-state index contributed by atoms with van der Waals surface area (Å²) in [6.07, 6.45) is -0.869. The molecular weight excluding hydrogens is 373 g/mol. The van der Waals surface area contributed by atoms with Crippen LogP contribution < -0.4 is 0 Å². The minimum absolute atomic E-state index is 0.378. The van der Waals surface area contributed by atoms with Crippen molar-refractivity contribution in [2.24, 2.45) is 0 Å². The lowest BCUT2D eigenvalue weighted by atomic mass is 10.2. The van der Waals surface area contributed by atoms with Gasteiger partial charge in [-0.05, 0) is 43.3 Å². The van der Waals surface area contributed by atoms with Crippen LogP contribution in [0.25, 0.3) is 21.8 Å². The third-order valence-corrected chi connectivity index (χ3v) is 4.21. The Kier molecular flexibility index (Phi) is 3.39. The number of benzene rings is 2. The van der Waals surface area contributed by atoms with Crippen molar-refractivity contribution in [3.63, 3.8) is 0 Å². The molecule has 3 rings (SSSR count). The van der Waals surface area contributed by atoms with Crippen molar-refractivity contribution in [2.75, 3.05) is 0 Å². The fourth-order valence-corrected chi connectivity index (χ4v) is 3.22. The molecule has 0 bridgehead atoms. The highest BCUT2D eigenvalue weighted by molar-refractivity contribution is 9.10. The van der Waals surface area contributed by atoms with E-state index in [-0.39, 0.29) is 0 Å². The average Bonchev–Trinajstić information content (AvgIpc) is 2.62. The van der Waals surface area contributed by atoms with Crippen molar-refractivity contribution in [1.82, 2.24) is 4.57 Å². The summed E-state index contributed by atoms with van der Waals surface area (Å²) in [6, 6.07) is 12.2. The molecule has 0 saturated heterocycles. The van der Waals surface area contributed by atoms with Gasteiger partial charge in [0.25, 0.3) is 0 Å². The average molecular weight is 385 g/mol. The van der Waals surface area contributed by atoms with Crippen LogP contribution in [0.5, 0.6) is 0 Å². The van der Waals surface area contributed by atoms with Crippen LogP contribution in [0.1, 0.15) is 6.92 Å². The molecule has 0 aliphatic rings. The SMILES string of the molecule is CC(F)Cn1c2ccc(Br)cc2c2cc(Br)ccc21. The van der Waals surface area contributed by atoms with Gasteiger partial charge in [0.1, 0.15) is 6.17 Å². The zero-order valence-electron chi connectivity index (χ0n) is 10.3. The molecule has 1 nitrogen and oxygen atoms in total. The second-order valence-electron chi connectivity index (χ2n) is 4.71. The number of halogens is 3. The second kappa shape index (κ2) is 4.91. The van der Waals surface area contributed by atoms with Crippen molar-refractivity contribution in [3.05, 3.63) is 45.3 Å². The molecule has 0 amide bonds. The molecule has 98 valence electrons. The van der Waals surface area contributed by atoms with Crippen molar-refractivity contribution >= 4 is 53.7 Å². The first kappa shape index (κ1) is 13.1. The molecular formula is C15H12Br2FN. The third-order valence-electron chi connectivity index (χ3n) is 3.22. The first-order chi connectivity index (χ1) is 9.06. The van der Waals surface area contributed by atoms with Gasteiger partial charge in [0, 0.05) is 30.8 Å². The highest BCUT2D eigenvalue weighted by Gasteiger charge is 2.13. The van der Waals surface area contributed by atoms with Gasteiger partial charge in [0.15, 0.2) is 0 Å². The number of rotatable bonds is 2. The summed E-state index contributed by atoms with van der Waals surface area (Å²) in [5.41, 5.74) is 2.14. The quantitative estimate of drug-likeness (QED) is 0.535. The summed E-state index contributed by atoms with van der Waals surface area (Å²) in [7, 11) is 0. The first-order valence-corrected chi connectivity index (χ1v) is 7.66. The van der Waals surface area contributed by atoms with E-state index in [1.165, 1.54) is 0 Å². The van der Waals surface area contributed by atoms with Gasteiger partial charge in [-0.25, -0.2) is 4.39 Å². The van der Waals surface area contributed by atoms with Crippen LogP contribution in [0.4, 0.5) is 4.39 Å². The van der Waals surface area contributed by atoms with Gasteiger partial charge >= 0.3 is 0 Å². The standard InChI is InChI=1S/C15H12Br2FN/c1-9(18)8-19-14-4-2-10(16)6-12(14)13-7-11(17)3-5-15(13)19/h2-7,9H,8H2,1H3. The Morgan fingerprint density at radius 2 is 1.47 bits per heavy atom. The van der Waals surface area contributed by atoms with Crippen LogP contribution in [0, 0.1) is 0 Å². The van der Waals surface area contributed by atoms with E-state index in [0.29, 0.717) is 6.54 Å². The van der Waals surface area contributed by atoms with Gasteiger partial charge < -0.3 is 4.57 Å². The maximum atomic E-state index is 13.4. The predicted octanol–water partition coefficient (Wildman–Crippen LogP) is 5.68. The Hall–Kier alpha value is -0.870. The summed E-state index contributed by atoms with van der Waals surface area (Å²) in [6.45, 7) is 1.97. The molecule has 1 atom stereocenters. The molecule has 19 heavy (non-hydrogen) atoms. The number of fused-ring (bicyclic) bond motifs is 3. The van der Waals surface area contributed by atoms with Crippen LogP contribution in [-0.4, -0.2) is 10.7 Å². The van der Waals surface area contributed by atoms with Gasteiger partial charge in [-0.3, -0.25) is 0 Å². The molecule has 4 heteroatoms. The molecule has 0 N–H and O–H groups in total. The van der Waals surface area contributed by atoms with Crippen LogP contribution in [0.2, 0.25) is 0 Å². The van der Waals surface area contributed by atoms with Gasteiger partial charge in [0.2, 0.25) is 0 Å². The van der Waals surface area contributed by atoms with Crippen LogP contribution in [0.3, 0.4) is 0 Å². The van der Waals surface area contributed by atoms with E-state index in [2.05, 4.69) is 44.0 Å². The van der Waals surface area contributed by atoms with E-state index in [0.717, 1.165) is 30.8 Å². The van der Waals surface area contributed by atoms with Gasteiger partial charge in [0.05, 0.1) is 6.54 Å². The van der Waals surface area contributed by atoms with Crippen LogP contribution in [0.15, 0.2) is 45.3 Å². The van der Waals surface area contributed by atoms with Crippen molar-refractivity contribution < 1.29 is 4.39 Å². The Bertz CT molecular complexity index is 702. The molecule has 0 saturated carbocycles. The topological polar surface area (TPSA) is 4.93 Å². The van der Waals surface area contributed by atoms with Gasteiger partial charge in [-0.2, -0.15) is 0 Å². The maximum Gasteiger partial charge on any atom is 0.115 e. The van der Waals surface area contributed by atoms with E-state index in [1.807, 2.05) is 28.8 Å². The zero-order chi connectivity index (χ0) is 13.6. The molecule has 1 aromatic heterocycles. The van der Waals surface area contributed by atoms with E-state index < -0.39 is 6.17 Å². The van der Waals surface area contributed by atoms with E-state index in [9.17, 15) is 4.39 Å². The number of hydrogen-bond acceptors (Lipinski definition) is 0. The normalized spacial score (nSPS) is 13.3. The minimum Gasteiger partial charge on any atom is -0.338 e. The molecule has 1 heterocycles. The number of alkyl halides is 1. The highest BCUT2D eigenvalue weighted by Crippen LogP contribution is 2.33. The smallest absolute Gasteiger partial charge is 0.115 e. The van der Waals surface area contributed by atoms with E-state index in [4.69, 9.17) is 0 Å². The second-order valence-corrected chi connectivity index (χ2v) is 6.55. The highest BCUT2D eigenvalue weighted by atomic mass is 79.9. The monoisotopic (exact) mass is 383 g/mol. The molecule has 0 aliphatic heterocycles. The Morgan fingerprint density at radius 1 is 1.00 bits per heavy atom. The number of nitrogens with zero attached hydrogens (tertiary/aromatic N) is 1. The van der Waals surface area contributed by atoms with Crippen molar-refractivity contribution in [2.45, 2.75) is 19.6 Å². The Morgan fingerprint density at radius 3 is 1.89 bits per heavy atom. The predicted molar refractivity (Wildman–Crippen MR) is 85.4 cm³/mol. The maximum absolute atomic E-state index is 13.4. The lowest BCUT2D eigenvalue weighted by Crippen LogP contribution is -2.07. The van der Waals surface area contributed by atoms with Gasteiger partial charge in [-0.15, -0.1) is 0 Å². The van der Waals surface area contributed by atoms with Crippen LogP contribution in [-0.2, 0) is 6.54 Å². The lowest BCUT2D eigenvalue weighted by Gasteiger charge is -2.08. The fraction of sp³-hybridized carbons (Fsp3) is 0.200. The third kappa shape index (κ3) is 2.32. The van der Waals surface area contributed by atoms with E-state index in [1.54, 1.807) is 6.92 Å².